The number of rotatable bonds is 4. The Morgan fingerprint density at radius 1 is 1.27 bits per heavy atom. The first kappa shape index (κ1) is 12.1. The number of nitrogens with zero attached hydrogens (tertiary/aromatic N) is 2. The molecule has 0 unspecified atom stereocenters. The van der Waals surface area contributed by atoms with Gasteiger partial charge in [0.05, 0.1) is 18.8 Å². The molecule has 1 fully saturated rings. The molecule has 0 bridgehead atoms. The zero-order chi connectivity index (χ0) is 11.5. The lowest BCUT2D eigenvalue weighted by Crippen LogP contribution is -2.50. The molecule has 0 aliphatic carbocycles. The number of sulfonamides is 1. The molecule has 6 nitrogen and oxygen atoms in total. The van der Waals surface area contributed by atoms with Gasteiger partial charge in [-0.2, -0.15) is 9.62 Å². The number of piperazine rings is 1. The Labute approximate surface area is 88.7 Å². The first-order valence-electron chi connectivity index (χ1n) is 4.71. The van der Waals surface area contributed by atoms with Crippen LogP contribution in [0.5, 0.6) is 0 Å². The second-order valence-electron chi connectivity index (χ2n) is 3.34. The van der Waals surface area contributed by atoms with E-state index in [1.165, 1.54) is 0 Å². The van der Waals surface area contributed by atoms with Crippen molar-refractivity contribution in [3.63, 3.8) is 0 Å². The maximum atomic E-state index is 11.6. The maximum Gasteiger partial charge on any atom is 0.264 e. The highest BCUT2D eigenvalue weighted by molar-refractivity contribution is 7.89. The molecule has 0 atom stereocenters. The lowest BCUT2D eigenvalue weighted by molar-refractivity contribution is -0.134. The quantitative estimate of drug-likeness (QED) is 0.588. The second-order valence-corrected chi connectivity index (χ2v) is 5.43. The summed E-state index contributed by atoms with van der Waals surface area (Å²) < 4.78 is 24.1. The fourth-order valence-electron chi connectivity index (χ4n) is 1.22. The average molecular weight is 233 g/mol. The number of carbonyl (C=O) groups excluding carboxylic acids is 2. The predicted octanol–water partition coefficient (Wildman–Crippen LogP) is -0.910. The summed E-state index contributed by atoms with van der Waals surface area (Å²) in [5, 5.41) is 3.14. The molecule has 1 aliphatic heterocycles. The Hall–Kier alpha value is -0.950. The first-order valence-corrected chi connectivity index (χ1v) is 6.32. The van der Waals surface area contributed by atoms with Crippen LogP contribution in [0.15, 0.2) is 0 Å². The van der Waals surface area contributed by atoms with Crippen molar-refractivity contribution < 1.29 is 18.0 Å². The topological polar surface area (TPSA) is 85.6 Å². The van der Waals surface area contributed by atoms with Gasteiger partial charge < -0.3 is 0 Å². The van der Waals surface area contributed by atoms with Gasteiger partial charge in [-0.05, 0) is 6.42 Å². The van der Waals surface area contributed by atoms with E-state index in [1.54, 1.807) is 0 Å². The summed E-state index contributed by atoms with van der Waals surface area (Å²) in [4.78, 5) is 21.8. The molecule has 1 heterocycles. The van der Waals surface area contributed by atoms with Crippen LogP contribution >= 0.6 is 0 Å². The summed E-state index contributed by atoms with van der Waals surface area (Å²) in [7, 11) is -3.48. The van der Waals surface area contributed by atoms with E-state index in [0.717, 1.165) is 10.7 Å². The van der Waals surface area contributed by atoms with Crippen LogP contribution in [0.4, 0.5) is 0 Å². The summed E-state index contributed by atoms with van der Waals surface area (Å²) >= 11 is 0. The van der Waals surface area contributed by atoms with Crippen LogP contribution in [-0.2, 0) is 19.6 Å². The van der Waals surface area contributed by atoms with Crippen molar-refractivity contribution in [1.82, 2.24) is 9.62 Å². The third-order valence-electron chi connectivity index (χ3n) is 2.02. The van der Waals surface area contributed by atoms with Crippen LogP contribution < -0.4 is 5.32 Å². The van der Waals surface area contributed by atoms with Crippen molar-refractivity contribution >= 4 is 21.8 Å². The van der Waals surface area contributed by atoms with Gasteiger partial charge in [0.1, 0.15) is 0 Å². The summed E-state index contributed by atoms with van der Waals surface area (Å²) in [5.41, 5.74) is 0. The van der Waals surface area contributed by atoms with Gasteiger partial charge in [-0.25, -0.2) is 8.42 Å². The van der Waals surface area contributed by atoms with Gasteiger partial charge in [-0.3, -0.25) is 9.59 Å². The molecule has 0 aromatic rings. The molecule has 2 amide bonds. The molecule has 0 spiro atoms. The van der Waals surface area contributed by atoms with Crippen molar-refractivity contribution in [2.45, 2.75) is 19.8 Å². The van der Waals surface area contributed by atoms with Crippen molar-refractivity contribution in [1.29, 1.82) is 0 Å². The van der Waals surface area contributed by atoms with Crippen LogP contribution in [0, 0.1) is 0 Å². The smallest absolute Gasteiger partial charge is 0.264 e. The van der Waals surface area contributed by atoms with Gasteiger partial charge in [-0.1, -0.05) is 13.3 Å². The molecule has 0 aromatic carbocycles. The van der Waals surface area contributed by atoms with E-state index < -0.39 is 21.8 Å². The molecule has 85 valence electrons. The molecule has 7 heteroatoms. The zero-order valence-electron chi connectivity index (χ0n) is 8.47. The number of unbranched alkanes of at least 4 members (excludes halogenated alkanes) is 1. The van der Waals surface area contributed by atoms with E-state index in [-0.39, 0.29) is 18.8 Å². The van der Waals surface area contributed by atoms with E-state index in [1.807, 2.05) is 6.92 Å². The Bertz CT molecular complexity index is 347. The summed E-state index contributed by atoms with van der Waals surface area (Å²) in [6, 6.07) is 0. The summed E-state index contributed by atoms with van der Waals surface area (Å²) in [6.45, 7) is 1.26. The number of hydrogen-bond acceptors (Lipinski definition) is 4. The molecule has 1 rings (SSSR count). The van der Waals surface area contributed by atoms with Crippen LogP contribution in [0.2, 0.25) is 0 Å². The highest BCUT2D eigenvalue weighted by Gasteiger charge is 2.32. The number of carbonyl (C=O) groups is 2. The largest absolute Gasteiger partial charge is 0.271 e. The minimum atomic E-state index is -3.48. The van der Waals surface area contributed by atoms with Gasteiger partial charge in [0.25, 0.3) is 11.8 Å². The Kier molecular flexibility index (Phi) is 3.81. The highest BCUT2D eigenvalue weighted by atomic mass is 32.2. The van der Waals surface area contributed by atoms with Crippen molar-refractivity contribution in [2.24, 2.45) is 0 Å². The Morgan fingerprint density at radius 2 is 1.80 bits per heavy atom. The van der Waals surface area contributed by atoms with Crippen LogP contribution in [0.25, 0.3) is 0 Å². The van der Waals surface area contributed by atoms with Crippen LogP contribution in [-0.4, -0.2) is 43.4 Å². The van der Waals surface area contributed by atoms with E-state index in [9.17, 15) is 18.0 Å². The normalized spacial score (nSPS) is 19.0. The summed E-state index contributed by atoms with van der Waals surface area (Å²) in [6.07, 6.45) is 1.28. The van der Waals surface area contributed by atoms with E-state index >= 15 is 0 Å². The number of amides is 2. The average Bonchev–Trinajstić information content (AvgIpc) is 2.13. The van der Waals surface area contributed by atoms with Crippen LogP contribution in [0.1, 0.15) is 19.8 Å². The van der Waals surface area contributed by atoms with Gasteiger partial charge >= 0.3 is 0 Å². The van der Waals surface area contributed by atoms with E-state index in [2.05, 4.69) is 5.32 Å². The monoisotopic (exact) mass is 233 g/mol. The molecule has 0 N–H and O–H groups in total. The van der Waals surface area contributed by atoms with Gasteiger partial charge in [0.2, 0.25) is 10.0 Å². The van der Waals surface area contributed by atoms with Crippen molar-refractivity contribution in [2.75, 3.05) is 18.8 Å². The summed E-state index contributed by atoms with van der Waals surface area (Å²) in [5.74, 6) is -1.40. The number of imide groups is 1. The maximum absolute atomic E-state index is 11.6. The Balaban J connectivity index is 2.70. The molecular formula is C8H13N2O4S. The van der Waals surface area contributed by atoms with Crippen LogP contribution in [0.3, 0.4) is 0 Å². The van der Waals surface area contributed by atoms with E-state index in [0.29, 0.717) is 6.42 Å². The standard InChI is InChI=1S/C8H13N2O4S/c1-2-3-4-15(13,14)10-5-7(11)9-8(12)6-10/h2-6H2,1H3. The molecule has 1 aliphatic rings. The highest BCUT2D eigenvalue weighted by Crippen LogP contribution is 2.07. The fourth-order valence-corrected chi connectivity index (χ4v) is 2.75. The molecule has 0 aromatic heterocycles. The predicted molar refractivity (Wildman–Crippen MR) is 52.4 cm³/mol. The molecule has 1 saturated heterocycles. The minimum absolute atomic E-state index is 0.0237. The van der Waals surface area contributed by atoms with Crippen molar-refractivity contribution in [3.05, 3.63) is 0 Å². The molecular weight excluding hydrogens is 220 g/mol. The van der Waals surface area contributed by atoms with Gasteiger partial charge in [0.15, 0.2) is 0 Å². The third kappa shape index (κ3) is 3.28. The second kappa shape index (κ2) is 4.71. The molecule has 1 radical (unpaired) electrons. The lowest BCUT2D eigenvalue weighted by atomic mass is 10.4. The molecule has 15 heavy (non-hydrogen) atoms. The Morgan fingerprint density at radius 3 is 2.27 bits per heavy atom. The van der Waals surface area contributed by atoms with E-state index in [4.69, 9.17) is 0 Å². The number of hydrogen-bond donors (Lipinski definition) is 0. The lowest BCUT2D eigenvalue weighted by Gasteiger charge is -2.23. The van der Waals surface area contributed by atoms with Gasteiger partial charge in [-0.15, -0.1) is 0 Å². The zero-order valence-corrected chi connectivity index (χ0v) is 9.29. The minimum Gasteiger partial charge on any atom is -0.271 e. The van der Waals surface area contributed by atoms with Crippen molar-refractivity contribution in [3.8, 4) is 0 Å². The molecule has 0 saturated carbocycles. The third-order valence-corrected chi connectivity index (χ3v) is 3.87. The fraction of sp³-hybridized carbons (Fsp3) is 0.750. The first-order chi connectivity index (χ1) is 6.95. The van der Waals surface area contributed by atoms with Gasteiger partial charge in [0, 0.05) is 0 Å². The SMILES string of the molecule is CCCCS(=O)(=O)N1CC(=O)[N]C(=O)C1.